The minimum atomic E-state index is -0.694. The molecule has 1 atom stereocenters. The minimum Gasteiger partial charge on any atom is -0.503 e. The maximum absolute atomic E-state index is 12.4. The fraction of sp³-hybridized carbons (Fsp3) is 0.176. The van der Waals surface area contributed by atoms with E-state index in [0.29, 0.717) is 5.76 Å². The van der Waals surface area contributed by atoms with Crippen LogP contribution in [0.3, 0.4) is 0 Å². The Morgan fingerprint density at radius 3 is 2.55 bits per heavy atom. The SMILES string of the molecule is CC(=O)C1=C(O)C(=O)N(Cc2ccccc2)[C@H]1c1ccco1. The van der Waals surface area contributed by atoms with Crippen LogP contribution in [0, 0.1) is 0 Å². The average Bonchev–Trinajstić information content (AvgIpc) is 3.10. The van der Waals surface area contributed by atoms with Crippen molar-refractivity contribution in [3.8, 4) is 0 Å². The molecule has 1 aromatic heterocycles. The van der Waals surface area contributed by atoms with Crippen LogP contribution in [-0.2, 0) is 16.1 Å². The molecule has 2 aromatic rings. The number of aliphatic hydroxyl groups is 1. The number of benzene rings is 1. The monoisotopic (exact) mass is 297 g/mol. The number of hydrogen-bond donors (Lipinski definition) is 1. The number of carbonyl (C=O) groups is 2. The van der Waals surface area contributed by atoms with E-state index in [4.69, 9.17) is 4.42 Å². The van der Waals surface area contributed by atoms with Crippen LogP contribution in [0.25, 0.3) is 0 Å². The van der Waals surface area contributed by atoms with E-state index in [1.54, 1.807) is 12.1 Å². The van der Waals surface area contributed by atoms with Crippen molar-refractivity contribution in [2.45, 2.75) is 19.5 Å². The van der Waals surface area contributed by atoms with Crippen molar-refractivity contribution in [2.75, 3.05) is 0 Å². The third-order valence-corrected chi connectivity index (χ3v) is 3.69. The molecule has 0 spiro atoms. The normalized spacial score (nSPS) is 18.1. The molecule has 22 heavy (non-hydrogen) atoms. The molecule has 1 N–H and O–H groups in total. The second-order valence-corrected chi connectivity index (χ2v) is 5.16. The summed E-state index contributed by atoms with van der Waals surface area (Å²) >= 11 is 0. The van der Waals surface area contributed by atoms with Gasteiger partial charge in [0, 0.05) is 6.54 Å². The first-order valence-electron chi connectivity index (χ1n) is 6.92. The standard InChI is InChI=1S/C17H15NO4/c1-11(19)14-15(13-8-5-9-22-13)18(17(21)16(14)20)10-12-6-3-2-4-7-12/h2-9,15,20H,10H2,1H3/t15-/m0/s1. The number of furan rings is 1. The Morgan fingerprint density at radius 2 is 1.95 bits per heavy atom. The lowest BCUT2D eigenvalue weighted by molar-refractivity contribution is -0.130. The highest BCUT2D eigenvalue weighted by Gasteiger charge is 2.43. The number of hydrogen-bond acceptors (Lipinski definition) is 4. The summed E-state index contributed by atoms with van der Waals surface area (Å²) in [6, 6.07) is 12.1. The van der Waals surface area contributed by atoms with Gasteiger partial charge in [-0.15, -0.1) is 0 Å². The lowest BCUT2D eigenvalue weighted by Gasteiger charge is -2.24. The van der Waals surface area contributed by atoms with Gasteiger partial charge in [-0.2, -0.15) is 0 Å². The zero-order chi connectivity index (χ0) is 15.7. The van der Waals surface area contributed by atoms with Gasteiger partial charge in [0.1, 0.15) is 11.8 Å². The highest BCUT2D eigenvalue weighted by molar-refractivity contribution is 6.07. The van der Waals surface area contributed by atoms with Crippen LogP contribution in [0.15, 0.2) is 64.5 Å². The summed E-state index contributed by atoms with van der Waals surface area (Å²) in [5.41, 5.74) is 0.987. The lowest BCUT2D eigenvalue weighted by Crippen LogP contribution is -2.30. The fourth-order valence-corrected chi connectivity index (χ4v) is 2.70. The molecule has 0 saturated heterocycles. The Morgan fingerprint density at radius 1 is 1.23 bits per heavy atom. The topological polar surface area (TPSA) is 70.8 Å². The number of amides is 1. The summed E-state index contributed by atoms with van der Waals surface area (Å²) in [6.45, 7) is 1.62. The van der Waals surface area contributed by atoms with Gasteiger partial charge in [0.15, 0.2) is 11.5 Å². The minimum absolute atomic E-state index is 0.0795. The average molecular weight is 297 g/mol. The van der Waals surface area contributed by atoms with Gasteiger partial charge in [-0.25, -0.2) is 0 Å². The van der Waals surface area contributed by atoms with Gasteiger partial charge in [0.2, 0.25) is 0 Å². The summed E-state index contributed by atoms with van der Waals surface area (Å²) in [5, 5.41) is 10.1. The first-order valence-corrected chi connectivity index (χ1v) is 6.92. The molecule has 1 amide bonds. The zero-order valence-corrected chi connectivity index (χ0v) is 12.0. The second kappa shape index (κ2) is 5.52. The molecule has 0 aliphatic carbocycles. The maximum Gasteiger partial charge on any atom is 0.290 e. The number of nitrogens with zero attached hydrogens (tertiary/aromatic N) is 1. The van der Waals surface area contributed by atoms with Crippen molar-refractivity contribution < 1.29 is 19.1 Å². The largest absolute Gasteiger partial charge is 0.503 e. The molecule has 1 aliphatic heterocycles. The smallest absolute Gasteiger partial charge is 0.290 e. The van der Waals surface area contributed by atoms with Crippen LogP contribution in [0.2, 0.25) is 0 Å². The summed E-state index contributed by atoms with van der Waals surface area (Å²) in [6.07, 6.45) is 1.48. The summed E-state index contributed by atoms with van der Waals surface area (Å²) < 4.78 is 5.37. The first kappa shape index (κ1) is 14.1. The van der Waals surface area contributed by atoms with Crippen molar-refractivity contribution in [2.24, 2.45) is 0 Å². The van der Waals surface area contributed by atoms with Crippen LogP contribution in [-0.4, -0.2) is 21.7 Å². The van der Waals surface area contributed by atoms with Crippen LogP contribution in [0.1, 0.15) is 24.3 Å². The van der Waals surface area contributed by atoms with E-state index in [0.717, 1.165) is 5.56 Å². The molecule has 1 aromatic carbocycles. The molecular weight excluding hydrogens is 282 g/mol. The highest BCUT2D eigenvalue weighted by atomic mass is 16.3. The van der Waals surface area contributed by atoms with Crippen LogP contribution in [0.4, 0.5) is 0 Å². The Labute approximate surface area is 127 Å². The molecule has 112 valence electrons. The molecule has 0 bridgehead atoms. The van der Waals surface area contributed by atoms with Crippen molar-refractivity contribution in [3.05, 3.63) is 71.4 Å². The van der Waals surface area contributed by atoms with E-state index in [-0.39, 0.29) is 17.9 Å². The molecule has 0 unspecified atom stereocenters. The Hall–Kier alpha value is -2.82. The van der Waals surface area contributed by atoms with Crippen LogP contribution < -0.4 is 0 Å². The molecule has 0 fully saturated rings. The van der Waals surface area contributed by atoms with Gasteiger partial charge in [-0.3, -0.25) is 9.59 Å². The number of Topliss-reactive ketones (excluding diaryl/α,β-unsaturated/α-hetero) is 1. The van der Waals surface area contributed by atoms with Crippen LogP contribution in [0.5, 0.6) is 0 Å². The van der Waals surface area contributed by atoms with E-state index in [2.05, 4.69) is 0 Å². The number of rotatable bonds is 4. The third kappa shape index (κ3) is 2.30. The van der Waals surface area contributed by atoms with E-state index in [1.165, 1.54) is 18.1 Å². The molecule has 0 radical (unpaired) electrons. The van der Waals surface area contributed by atoms with Crippen molar-refractivity contribution in [1.29, 1.82) is 0 Å². The van der Waals surface area contributed by atoms with E-state index < -0.39 is 17.7 Å². The molecule has 3 rings (SSSR count). The van der Waals surface area contributed by atoms with Crippen molar-refractivity contribution in [3.63, 3.8) is 0 Å². The van der Waals surface area contributed by atoms with Gasteiger partial charge in [0.05, 0.1) is 11.8 Å². The maximum atomic E-state index is 12.4. The zero-order valence-electron chi connectivity index (χ0n) is 12.0. The number of ketones is 1. The Bertz CT molecular complexity index is 731. The Balaban J connectivity index is 2.02. The summed E-state index contributed by atoms with van der Waals surface area (Å²) in [4.78, 5) is 25.7. The van der Waals surface area contributed by atoms with Gasteiger partial charge in [0.25, 0.3) is 5.91 Å². The van der Waals surface area contributed by atoms with Gasteiger partial charge in [-0.05, 0) is 24.6 Å². The second-order valence-electron chi connectivity index (χ2n) is 5.16. The lowest BCUT2D eigenvalue weighted by atomic mass is 10.0. The predicted molar refractivity (Wildman–Crippen MR) is 78.8 cm³/mol. The molecule has 1 aliphatic rings. The highest BCUT2D eigenvalue weighted by Crippen LogP contribution is 2.38. The molecule has 5 nitrogen and oxygen atoms in total. The molecule has 2 heterocycles. The first-order chi connectivity index (χ1) is 10.6. The third-order valence-electron chi connectivity index (χ3n) is 3.69. The van der Waals surface area contributed by atoms with E-state index >= 15 is 0 Å². The molecule has 0 saturated carbocycles. The number of aliphatic hydroxyl groups excluding tert-OH is 1. The summed E-state index contributed by atoms with van der Waals surface area (Å²) in [5.74, 6) is -0.943. The van der Waals surface area contributed by atoms with Gasteiger partial charge in [-0.1, -0.05) is 30.3 Å². The van der Waals surface area contributed by atoms with Crippen molar-refractivity contribution in [1.82, 2.24) is 4.90 Å². The fourth-order valence-electron chi connectivity index (χ4n) is 2.70. The van der Waals surface area contributed by atoms with E-state index in [1.807, 2.05) is 30.3 Å². The van der Waals surface area contributed by atoms with E-state index in [9.17, 15) is 14.7 Å². The predicted octanol–water partition coefficient (Wildman–Crippen LogP) is 2.76. The van der Waals surface area contributed by atoms with Gasteiger partial charge < -0.3 is 14.4 Å². The van der Waals surface area contributed by atoms with Gasteiger partial charge >= 0.3 is 0 Å². The number of carbonyl (C=O) groups excluding carboxylic acids is 2. The van der Waals surface area contributed by atoms with Crippen LogP contribution >= 0.6 is 0 Å². The molecule has 5 heteroatoms. The quantitative estimate of drug-likeness (QED) is 0.942. The Kier molecular flexibility index (Phi) is 3.55. The summed E-state index contributed by atoms with van der Waals surface area (Å²) in [7, 11) is 0. The molecular formula is C17H15NO4. The van der Waals surface area contributed by atoms with Crippen molar-refractivity contribution >= 4 is 11.7 Å².